The van der Waals surface area contributed by atoms with E-state index >= 15 is 0 Å². The maximum atomic E-state index is 4.72. The Bertz CT molecular complexity index is 20.4. The molecule has 0 spiro atoms. The second kappa shape index (κ2) is 3.72. The van der Waals surface area contributed by atoms with Crippen LogP contribution in [0.25, 0.3) is 0 Å². The summed E-state index contributed by atoms with van der Waals surface area (Å²) in [4.78, 5) is 0. The smallest absolute Gasteiger partial charge is 0.353 e. The zero-order valence-corrected chi connectivity index (χ0v) is 5.03. The molecular formula is C3H6O2Ru+2. The molecule has 6 heavy (non-hydrogen) atoms. The molecule has 36 valence electrons. The van der Waals surface area contributed by atoms with Crippen molar-refractivity contribution in [2.24, 2.45) is 0 Å². The average molecular weight is 175 g/mol. The molecule has 0 N–H and O–H groups in total. The summed E-state index contributed by atoms with van der Waals surface area (Å²) < 4.78 is 9.44. The first-order chi connectivity index (χ1) is 2.50. The number of hydrogen-bond acceptors (Lipinski definition) is 2. The van der Waals surface area contributed by atoms with Crippen molar-refractivity contribution in [2.45, 2.75) is 0 Å². The molecule has 0 atom stereocenters. The van der Waals surface area contributed by atoms with Crippen molar-refractivity contribution in [3.63, 3.8) is 0 Å². The van der Waals surface area contributed by atoms with Gasteiger partial charge < -0.3 is 9.47 Å². The second-order valence-electron chi connectivity index (χ2n) is 0.934. The molecule has 0 aromatic carbocycles. The van der Waals surface area contributed by atoms with Crippen LogP contribution >= 0.6 is 0 Å². The number of ether oxygens (including phenoxy) is 2. The molecule has 1 aliphatic heterocycles. The van der Waals surface area contributed by atoms with Gasteiger partial charge in [0.1, 0.15) is 6.79 Å². The summed E-state index contributed by atoms with van der Waals surface area (Å²) in [6.07, 6.45) is 0. The fraction of sp³-hybridized carbons (Fsp3) is 1.00. The van der Waals surface area contributed by atoms with E-state index in [1.165, 1.54) is 0 Å². The van der Waals surface area contributed by atoms with Gasteiger partial charge >= 0.3 is 19.5 Å². The van der Waals surface area contributed by atoms with Gasteiger partial charge in [-0.3, -0.25) is 0 Å². The van der Waals surface area contributed by atoms with Gasteiger partial charge in [-0.05, 0) is 0 Å². The third kappa shape index (κ3) is 1.86. The molecule has 0 aliphatic carbocycles. The van der Waals surface area contributed by atoms with Gasteiger partial charge in [0.25, 0.3) is 0 Å². The topological polar surface area (TPSA) is 18.5 Å². The van der Waals surface area contributed by atoms with Crippen LogP contribution in [0.2, 0.25) is 0 Å². The minimum Gasteiger partial charge on any atom is -0.353 e. The minimum absolute atomic E-state index is 0. The van der Waals surface area contributed by atoms with Crippen molar-refractivity contribution < 1.29 is 29.0 Å². The predicted molar refractivity (Wildman–Crippen MR) is 16.8 cm³/mol. The molecule has 3 heteroatoms. The monoisotopic (exact) mass is 176 g/mol. The molecule has 0 saturated carbocycles. The van der Waals surface area contributed by atoms with E-state index in [1.54, 1.807) is 0 Å². The quantitative estimate of drug-likeness (QED) is 0.482. The van der Waals surface area contributed by atoms with Crippen molar-refractivity contribution in [2.75, 3.05) is 20.0 Å². The Morgan fingerprint density at radius 2 is 1.50 bits per heavy atom. The maximum Gasteiger partial charge on any atom is 2.00 e. The van der Waals surface area contributed by atoms with Crippen LogP contribution in [0.5, 0.6) is 0 Å². The van der Waals surface area contributed by atoms with Crippen LogP contribution in [0.4, 0.5) is 0 Å². The zero-order valence-electron chi connectivity index (χ0n) is 3.29. The summed E-state index contributed by atoms with van der Waals surface area (Å²) in [6.45, 7) is 2.06. The van der Waals surface area contributed by atoms with Gasteiger partial charge in [-0.25, -0.2) is 0 Å². The van der Waals surface area contributed by atoms with Gasteiger partial charge in [0.2, 0.25) is 0 Å². The van der Waals surface area contributed by atoms with E-state index < -0.39 is 0 Å². The first-order valence-corrected chi connectivity index (χ1v) is 1.65. The molecule has 1 heterocycles. The third-order valence-corrected chi connectivity index (χ3v) is 0.539. The van der Waals surface area contributed by atoms with Crippen molar-refractivity contribution in [3.05, 3.63) is 0 Å². The second-order valence-corrected chi connectivity index (χ2v) is 0.934. The molecule has 0 aromatic rings. The zero-order chi connectivity index (χ0) is 3.54. The van der Waals surface area contributed by atoms with Gasteiger partial charge in [-0.15, -0.1) is 0 Å². The van der Waals surface area contributed by atoms with E-state index in [1.807, 2.05) is 0 Å². The molecule has 0 aromatic heterocycles. The van der Waals surface area contributed by atoms with Crippen molar-refractivity contribution in [1.29, 1.82) is 0 Å². The van der Waals surface area contributed by atoms with Crippen LogP contribution in [0.3, 0.4) is 0 Å². The molecule has 0 unspecified atom stereocenters. The van der Waals surface area contributed by atoms with Gasteiger partial charge in [0.15, 0.2) is 0 Å². The van der Waals surface area contributed by atoms with E-state index in [0.29, 0.717) is 6.79 Å². The van der Waals surface area contributed by atoms with Crippen LogP contribution in [-0.2, 0) is 29.0 Å². The van der Waals surface area contributed by atoms with Crippen LogP contribution in [-0.4, -0.2) is 20.0 Å². The average Bonchev–Trinajstić information content (AvgIpc) is 1.76. The van der Waals surface area contributed by atoms with Gasteiger partial charge in [0.05, 0.1) is 13.2 Å². The van der Waals surface area contributed by atoms with Crippen molar-refractivity contribution >= 4 is 0 Å². The van der Waals surface area contributed by atoms with Crippen molar-refractivity contribution in [3.8, 4) is 0 Å². The molecule has 1 rings (SSSR count). The van der Waals surface area contributed by atoms with E-state index in [-0.39, 0.29) is 19.5 Å². The van der Waals surface area contributed by atoms with Gasteiger partial charge in [-0.2, -0.15) is 0 Å². The Balaban J connectivity index is 0.000000250. The van der Waals surface area contributed by atoms with Crippen LogP contribution in [0, 0.1) is 0 Å². The van der Waals surface area contributed by atoms with Gasteiger partial charge in [0, 0.05) is 0 Å². The Kier molecular flexibility index (Phi) is 4.06. The Hall–Kier alpha value is 0.543. The molecule has 1 aliphatic rings. The fourth-order valence-corrected chi connectivity index (χ4v) is 0.295. The normalized spacial score (nSPS) is 20.0. The minimum atomic E-state index is 0. The van der Waals surface area contributed by atoms with E-state index in [4.69, 9.17) is 9.47 Å². The third-order valence-electron chi connectivity index (χ3n) is 0.539. The summed E-state index contributed by atoms with van der Waals surface area (Å²) in [5.74, 6) is 0. The summed E-state index contributed by atoms with van der Waals surface area (Å²) in [5.41, 5.74) is 0. The Morgan fingerprint density at radius 1 is 1.00 bits per heavy atom. The number of rotatable bonds is 0. The van der Waals surface area contributed by atoms with E-state index in [0.717, 1.165) is 13.2 Å². The first-order valence-electron chi connectivity index (χ1n) is 1.65. The summed E-state index contributed by atoms with van der Waals surface area (Å²) in [6, 6.07) is 0. The molecule has 0 bridgehead atoms. The summed E-state index contributed by atoms with van der Waals surface area (Å²) >= 11 is 0. The first kappa shape index (κ1) is 6.54. The van der Waals surface area contributed by atoms with Crippen LogP contribution in [0.15, 0.2) is 0 Å². The number of hydrogen-bond donors (Lipinski definition) is 0. The van der Waals surface area contributed by atoms with Crippen molar-refractivity contribution in [1.82, 2.24) is 0 Å². The summed E-state index contributed by atoms with van der Waals surface area (Å²) in [7, 11) is 0. The molecule has 0 radical (unpaired) electrons. The molecule has 1 saturated heterocycles. The van der Waals surface area contributed by atoms with E-state index in [9.17, 15) is 0 Å². The molecular weight excluding hydrogens is 169 g/mol. The van der Waals surface area contributed by atoms with Crippen LogP contribution < -0.4 is 0 Å². The largest absolute Gasteiger partial charge is 2.00 e. The summed E-state index contributed by atoms with van der Waals surface area (Å²) in [5, 5.41) is 0. The molecule has 0 amide bonds. The predicted octanol–water partition coefficient (Wildman–Crippen LogP) is -0.0118. The van der Waals surface area contributed by atoms with E-state index in [2.05, 4.69) is 0 Å². The molecule has 2 nitrogen and oxygen atoms in total. The van der Waals surface area contributed by atoms with Gasteiger partial charge in [-0.1, -0.05) is 0 Å². The standard InChI is InChI=1S/C3H6O2.Ru/c1-2-5-3-4-1;/h1-3H2;/q;+2. The molecule has 1 fully saturated rings. The fourth-order valence-electron chi connectivity index (χ4n) is 0.295. The van der Waals surface area contributed by atoms with Crippen LogP contribution in [0.1, 0.15) is 0 Å². The Labute approximate surface area is 49.6 Å². The SMILES string of the molecule is C1COCO1.[Ru+2]. The Morgan fingerprint density at radius 3 is 1.67 bits per heavy atom. The maximum absolute atomic E-state index is 4.72.